The molecule has 0 saturated heterocycles. The van der Waals surface area contributed by atoms with Gasteiger partial charge in [0.25, 0.3) is 0 Å². The maximum absolute atomic E-state index is 11.9. The third-order valence-corrected chi connectivity index (χ3v) is 4.92. The van der Waals surface area contributed by atoms with Crippen LogP contribution in [0.25, 0.3) is 0 Å². The van der Waals surface area contributed by atoms with E-state index in [0.29, 0.717) is 0 Å². The number of hydrogen-bond donors (Lipinski definition) is 2. The van der Waals surface area contributed by atoms with Crippen LogP contribution < -0.4 is 0 Å². The predicted molar refractivity (Wildman–Crippen MR) is 92.0 cm³/mol. The maximum atomic E-state index is 11.9. The highest BCUT2D eigenvalue weighted by atomic mass is 16.1. The van der Waals surface area contributed by atoms with Crippen LogP contribution in [0.15, 0.2) is 0 Å². The van der Waals surface area contributed by atoms with E-state index in [2.05, 4.69) is 44.6 Å². The minimum atomic E-state index is 0.140. The second-order valence-corrected chi connectivity index (χ2v) is 6.30. The Balaban J connectivity index is 2.59. The monoisotopic (exact) mass is 300 g/mol. The van der Waals surface area contributed by atoms with Gasteiger partial charge in [0.2, 0.25) is 0 Å². The number of nitrogens with one attached hydrogen (secondary N) is 2. The maximum Gasteiger partial charge on any atom is 0.161 e. The van der Waals surface area contributed by atoms with Gasteiger partial charge in [0, 0.05) is 34.3 Å². The van der Waals surface area contributed by atoms with E-state index < -0.39 is 0 Å². The first-order valence-corrected chi connectivity index (χ1v) is 8.21. The molecular weight excluding hydrogens is 272 g/mol. The first-order valence-electron chi connectivity index (χ1n) is 8.21. The van der Waals surface area contributed by atoms with E-state index in [-0.39, 0.29) is 11.7 Å². The van der Waals surface area contributed by atoms with Gasteiger partial charge in [-0.3, -0.25) is 4.79 Å². The Morgan fingerprint density at radius 3 is 1.91 bits per heavy atom. The molecule has 3 nitrogen and oxygen atoms in total. The van der Waals surface area contributed by atoms with E-state index in [4.69, 9.17) is 0 Å². The summed E-state index contributed by atoms with van der Waals surface area (Å²) in [7, 11) is 0. The lowest BCUT2D eigenvalue weighted by atomic mass is 9.91. The van der Waals surface area contributed by atoms with E-state index in [1.807, 2.05) is 6.92 Å². The predicted octanol–water partition coefficient (Wildman–Crippen LogP) is 4.88. The van der Waals surface area contributed by atoms with Gasteiger partial charge in [-0.05, 0) is 64.2 Å². The number of ketones is 1. The SMILES string of the molecule is CCc1c(C)[nH]c(C(CC)c2[nH]c(C)c(C(C)=O)c2C)c1C. The summed E-state index contributed by atoms with van der Waals surface area (Å²) in [6, 6.07) is 0. The van der Waals surface area contributed by atoms with Crippen LogP contribution in [0.3, 0.4) is 0 Å². The molecule has 0 bridgehead atoms. The van der Waals surface area contributed by atoms with Crippen molar-refractivity contribution in [2.24, 2.45) is 0 Å². The summed E-state index contributed by atoms with van der Waals surface area (Å²) in [5, 5.41) is 0. The molecule has 0 aromatic carbocycles. The standard InChI is InChI=1S/C19H28N2O/c1-8-15-10(3)18(20-12(15)5)16(9-2)19-11(4)17(14(7)22)13(6)21-19/h16,20-21H,8-9H2,1-7H3. The van der Waals surface area contributed by atoms with Crippen molar-refractivity contribution in [3.63, 3.8) is 0 Å². The van der Waals surface area contributed by atoms with E-state index in [1.165, 1.54) is 28.2 Å². The van der Waals surface area contributed by atoms with Gasteiger partial charge < -0.3 is 9.97 Å². The molecule has 0 amide bonds. The number of Topliss-reactive ketones (excluding diaryl/α,β-unsaturated/α-hetero) is 1. The van der Waals surface area contributed by atoms with Gasteiger partial charge in [-0.25, -0.2) is 0 Å². The average Bonchev–Trinajstić information content (AvgIpc) is 2.89. The molecule has 0 fully saturated rings. The van der Waals surface area contributed by atoms with Gasteiger partial charge in [-0.1, -0.05) is 13.8 Å². The third kappa shape index (κ3) is 2.53. The first kappa shape index (κ1) is 16.6. The summed E-state index contributed by atoms with van der Waals surface area (Å²) in [5.74, 6) is 0.423. The molecule has 0 aliphatic heterocycles. The Kier molecular flexibility index (Phi) is 4.64. The highest BCUT2D eigenvalue weighted by Gasteiger charge is 2.25. The normalized spacial score (nSPS) is 12.7. The van der Waals surface area contributed by atoms with Gasteiger partial charge >= 0.3 is 0 Å². The van der Waals surface area contributed by atoms with E-state index in [9.17, 15) is 4.79 Å². The summed E-state index contributed by atoms with van der Waals surface area (Å²) in [4.78, 5) is 19.0. The number of rotatable bonds is 5. The second-order valence-electron chi connectivity index (χ2n) is 6.30. The number of carbonyl (C=O) groups excluding carboxylic acids is 1. The molecule has 2 rings (SSSR count). The van der Waals surface area contributed by atoms with Crippen molar-refractivity contribution in [3.05, 3.63) is 45.0 Å². The Morgan fingerprint density at radius 2 is 1.50 bits per heavy atom. The number of aryl methyl sites for hydroxylation is 2. The summed E-state index contributed by atoms with van der Waals surface area (Å²) in [6.07, 6.45) is 2.05. The molecule has 2 N–H and O–H groups in total. The zero-order valence-electron chi connectivity index (χ0n) is 14.9. The highest BCUT2D eigenvalue weighted by molar-refractivity contribution is 5.97. The van der Waals surface area contributed by atoms with Crippen molar-refractivity contribution in [2.45, 2.75) is 67.2 Å². The molecule has 120 valence electrons. The van der Waals surface area contributed by atoms with Crippen molar-refractivity contribution in [1.82, 2.24) is 9.97 Å². The van der Waals surface area contributed by atoms with E-state index >= 15 is 0 Å². The number of aromatic amines is 2. The first-order chi connectivity index (χ1) is 10.3. The number of carbonyl (C=O) groups is 1. The molecule has 0 spiro atoms. The van der Waals surface area contributed by atoms with Crippen molar-refractivity contribution < 1.29 is 4.79 Å². The minimum absolute atomic E-state index is 0.140. The molecule has 1 atom stereocenters. The fourth-order valence-electron chi connectivity index (χ4n) is 3.90. The van der Waals surface area contributed by atoms with Gasteiger partial charge in [0.05, 0.1) is 0 Å². The summed E-state index contributed by atoms with van der Waals surface area (Å²) in [5.41, 5.74) is 9.44. The largest absolute Gasteiger partial charge is 0.361 e. The Bertz CT molecular complexity index is 704. The molecule has 1 unspecified atom stereocenters. The fourth-order valence-corrected chi connectivity index (χ4v) is 3.90. The van der Waals surface area contributed by atoms with Crippen molar-refractivity contribution in [3.8, 4) is 0 Å². The fraction of sp³-hybridized carbons (Fsp3) is 0.526. The lowest BCUT2D eigenvalue weighted by Crippen LogP contribution is -2.05. The van der Waals surface area contributed by atoms with Gasteiger partial charge in [-0.2, -0.15) is 0 Å². The summed E-state index contributed by atoms with van der Waals surface area (Å²) in [6.45, 7) is 14.5. The van der Waals surface area contributed by atoms with Crippen LogP contribution in [-0.4, -0.2) is 15.8 Å². The quantitative estimate of drug-likeness (QED) is 0.759. The second kappa shape index (κ2) is 6.15. The number of aromatic nitrogens is 2. The third-order valence-electron chi connectivity index (χ3n) is 4.92. The zero-order valence-corrected chi connectivity index (χ0v) is 14.9. The van der Waals surface area contributed by atoms with Gasteiger partial charge in [-0.15, -0.1) is 0 Å². The summed E-state index contributed by atoms with van der Waals surface area (Å²) >= 11 is 0. The molecular formula is C19H28N2O. The van der Waals surface area contributed by atoms with Crippen LogP contribution >= 0.6 is 0 Å². The molecule has 2 aromatic heterocycles. The Hall–Kier alpha value is -1.77. The van der Waals surface area contributed by atoms with E-state index in [0.717, 1.165) is 29.7 Å². The van der Waals surface area contributed by atoms with Crippen molar-refractivity contribution in [1.29, 1.82) is 0 Å². The van der Waals surface area contributed by atoms with E-state index in [1.54, 1.807) is 6.92 Å². The van der Waals surface area contributed by atoms with Crippen molar-refractivity contribution in [2.75, 3.05) is 0 Å². The molecule has 0 saturated carbocycles. The van der Waals surface area contributed by atoms with Crippen LogP contribution in [-0.2, 0) is 6.42 Å². The molecule has 2 heterocycles. The van der Waals surface area contributed by atoms with Crippen LogP contribution in [0.4, 0.5) is 0 Å². The molecule has 0 aliphatic rings. The van der Waals surface area contributed by atoms with Crippen molar-refractivity contribution >= 4 is 5.78 Å². The zero-order chi connectivity index (χ0) is 16.6. The highest BCUT2D eigenvalue weighted by Crippen LogP contribution is 2.35. The van der Waals surface area contributed by atoms with Gasteiger partial charge in [0.15, 0.2) is 5.78 Å². The molecule has 2 aromatic rings. The Labute approximate surface area is 133 Å². The van der Waals surface area contributed by atoms with Gasteiger partial charge in [0.1, 0.15) is 0 Å². The Morgan fingerprint density at radius 1 is 0.955 bits per heavy atom. The smallest absolute Gasteiger partial charge is 0.161 e. The van der Waals surface area contributed by atoms with Crippen LogP contribution in [0.5, 0.6) is 0 Å². The number of H-pyrrole nitrogens is 2. The topological polar surface area (TPSA) is 48.6 Å². The molecule has 22 heavy (non-hydrogen) atoms. The lowest BCUT2D eigenvalue weighted by molar-refractivity contribution is 0.101. The lowest BCUT2D eigenvalue weighted by Gasteiger charge is -2.16. The number of hydrogen-bond acceptors (Lipinski definition) is 1. The molecule has 0 aliphatic carbocycles. The molecule has 3 heteroatoms. The average molecular weight is 300 g/mol. The minimum Gasteiger partial charge on any atom is -0.361 e. The van der Waals surface area contributed by atoms with Crippen LogP contribution in [0, 0.1) is 27.7 Å². The van der Waals surface area contributed by atoms with Crippen LogP contribution in [0.2, 0.25) is 0 Å². The van der Waals surface area contributed by atoms with Crippen LogP contribution in [0.1, 0.15) is 82.9 Å². The summed E-state index contributed by atoms with van der Waals surface area (Å²) < 4.78 is 0. The molecule has 0 radical (unpaired) electrons.